The molecule has 1 unspecified atom stereocenters. The largest absolute Gasteiger partial charge is 0.497 e. The number of hydrogen-bond acceptors (Lipinski definition) is 7. The highest BCUT2D eigenvalue weighted by atomic mass is 32.1. The first-order chi connectivity index (χ1) is 13.1. The Hall–Kier alpha value is -2.45. The molecule has 1 N–H and O–H groups in total. The second kappa shape index (κ2) is 7.28. The predicted molar refractivity (Wildman–Crippen MR) is 103 cm³/mol. The Balaban J connectivity index is 1.78. The van der Waals surface area contributed by atoms with Crippen LogP contribution in [0.4, 0.5) is 0 Å². The summed E-state index contributed by atoms with van der Waals surface area (Å²) in [4.78, 5) is 19.9. The van der Waals surface area contributed by atoms with E-state index in [0.717, 1.165) is 22.6 Å². The van der Waals surface area contributed by atoms with Gasteiger partial charge in [-0.05, 0) is 17.7 Å². The number of aromatic hydroxyl groups is 1. The first-order valence-electron chi connectivity index (χ1n) is 9.07. The molecule has 1 fully saturated rings. The third-order valence-corrected chi connectivity index (χ3v) is 6.03. The molecule has 0 bridgehead atoms. The molecule has 0 amide bonds. The Labute approximate surface area is 161 Å². The molecular weight excluding hydrogens is 364 g/mol. The fourth-order valence-corrected chi connectivity index (χ4v) is 4.60. The summed E-state index contributed by atoms with van der Waals surface area (Å²) in [6.07, 6.45) is 1.79. The number of aryl methyl sites for hydroxylation is 1. The molecule has 1 aromatic carbocycles. The average Bonchev–Trinajstić information content (AvgIpc) is 3.23. The molecule has 0 radical (unpaired) electrons. The molecule has 0 spiro atoms. The molecule has 2 aromatic heterocycles. The van der Waals surface area contributed by atoms with Crippen molar-refractivity contribution in [1.29, 1.82) is 0 Å². The predicted octanol–water partition coefficient (Wildman–Crippen LogP) is 2.82. The van der Waals surface area contributed by atoms with Gasteiger partial charge in [0.05, 0.1) is 18.0 Å². The van der Waals surface area contributed by atoms with Gasteiger partial charge in [0, 0.05) is 32.4 Å². The lowest BCUT2D eigenvalue weighted by Crippen LogP contribution is -2.37. The van der Waals surface area contributed by atoms with Crippen molar-refractivity contribution in [2.24, 2.45) is 0 Å². The Kier molecular flexibility index (Phi) is 4.84. The maximum atomic E-state index is 11.7. The zero-order valence-electron chi connectivity index (χ0n) is 15.4. The van der Waals surface area contributed by atoms with Crippen LogP contribution in [-0.4, -0.2) is 50.6 Å². The number of likely N-dealkylation sites (tertiary alicyclic amines) is 1. The summed E-state index contributed by atoms with van der Waals surface area (Å²) in [7, 11) is 1.64. The topological polar surface area (TPSA) is 80.0 Å². The third kappa shape index (κ3) is 3.30. The SMILES string of the molecule is CCc1nc2sc(C(c3ccc(OC)cc3)N3CCC(=O)CC3)c(O)n2n1. The molecule has 4 rings (SSSR count). The number of carbonyl (C=O) groups excluding carboxylic acids is 1. The lowest BCUT2D eigenvalue weighted by Gasteiger charge is -2.33. The highest BCUT2D eigenvalue weighted by Gasteiger charge is 2.31. The van der Waals surface area contributed by atoms with E-state index in [1.54, 1.807) is 7.11 Å². The maximum absolute atomic E-state index is 11.7. The molecule has 1 atom stereocenters. The minimum atomic E-state index is -0.150. The van der Waals surface area contributed by atoms with Crippen molar-refractivity contribution in [2.75, 3.05) is 20.2 Å². The van der Waals surface area contributed by atoms with Gasteiger partial charge >= 0.3 is 0 Å². The van der Waals surface area contributed by atoms with Gasteiger partial charge in [-0.1, -0.05) is 30.4 Å². The standard InChI is InChI=1S/C19H22N4O3S/c1-3-15-20-19-23(21-15)18(25)17(27-19)16(22-10-8-13(24)9-11-22)12-4-6-14(26-2)7-5-12/h4-7,16,25H,3,8-11H2,1-2H3. The molecule has 3 aromatic rings. The maximum Gasteiger partial charge on any atom is 0.230 e. The molecule has 0 saturated carbocycles. The number of aromatic nitrogens is 3. The van der Waals surface area contributed by atoms with Crippen LogP contribution in [0.1, 0.15) is 42.1 Å². The molecule has 3 heterocycles. The quantitative estimate of drug-likeness (QED) is 0.726. The van der Waals surface area contributed by atoms with Gasteiger partial charge in [0.25, 0.3) is 0 Å². The lowest BCUT2D eigenvalue weighted by molar-refractivity contribution is -0.121. The molecule has 142 valence electrons. The minimum absolute atomic E-state index is 0.125. The number of methoxy groups -OCH3 is 1. The second-order valence-corrected chi connectivity index (χ2v) is 7.63. The van der Waals surface area contributed by atoms with Crippen molar-refractivity contribution in [1.82, 2.24) is 19.5 Å². The van der Waals surface area contributed by atoms with Crippen LogP contribution in [0.15, 0.2) is 24.3 Å². The second-order valence-electron chi connectivity index (χ2n) is 6.62. The Morgan fingerprint density at radius 2 is 1.96 bits per heavy atom. The highest BCUT2D eigenvalue weighted by Crippen LogP contribution is 2.41. The van der Waals surface area contributed by atoms with Crippen LogP contribution in [0.5, 0.6) is 11.6 Å². The number of fused-ring (bicyclic) bond motifs is 1. The van der Waals surface area contributed by atoms with Crippen LogP contribution in [0, 0.1) is 0 Å². The molecule has 8 heteroatoms. The number of ketones is 1. The van der Waals surface area contributed by atoms with Crippen molar-refractivity contribution >= 4 is 22.1 Å². The number of benzene rings is 1. The van der Waals surface area contributed by atoms with Crippen LogP contribution >= 0.6 is 11.3 Å². The van der Waals surface area contributed by atoms with E-state index in [-0.39, 0.29) is 11.9 Å². The summed E-state index contributed by atoms with van der Waals surface area (Å²) in [5, 5.41) is 15.3. The molecule has 27 heavy (non-hydrogen) atoms. The highest BCUT2D eigenvalue weighted by molar-refractivity contribution is 7.17. The van der Waals surface area contributed by atoms with E-state index in [4.69, 9.17) is 4.74 Å². The fourth-order valence-electron chi connectivity index (χ4n) is 3.46. The van der Waals surface area contributed by atoms with E-state index in [0.29, 0.717) is 42.5 Å². The first-order valence-corrected chi connectivity index (χ1v) is 9.89. The van der Waals surface area contributed by atoms with Crippen LogP contribution in [0.25, 0.3) is 4.96 Å². The Morgan fingerprint density at radius 1 is 1.26 bits per heavy atom. The van der Waals surface area contributed by atoms with E-state index >= 15 is 0 Å². The van der Waals surface area contributed by atoms with Crippen LogP contribution in [0.3, 0.4) is 0 Å². The van der Waals surface area contributed by atoms with E-state index in [1.807, 2.05) is 31.2 Å². The number of carbonyl (C=O) groups is 1. The summed E-state index contributed by atoms with van der Waals surface area (Å²) in [6.45, 7) is 3.33. The summed E-state index contributed by atoms with van der Waals surface area (Å²) in [5.74, 6) is 1.91. The number of thiazole rings is 1. The normalized spacial score (nSPS) is 16.7. The fraction of sp³-hybridized carbons (Fsp3) is 0.421. The summed E-state index contributed by atoms with van der Waals surface area (Å²) in [5.41, 5.74) is 1.04. The van der Waals surface area contributed by atoms with E-state index in [1.165, 1.54) is 15.9 Å². The molecule has 7 nitrogen and oxygen atoms in total. The molecule has 1 aliphatic heterocycles. The Morgan fingerprint density at radius 3 is 2.56 bits per heavy atom. The number of rotatable bonds is 5. The summed E-state index contributed by atoms with van der Waals surface area (Å²) < 4.78 is 6.79. The zero-order chi connectivity index (χ0) is 19.0. The van der Waals surface area contributed by atoms with Gasteiger partial charge in [-0.2, -0.15) is 4.52 Å². The van der Waals surface area contributed by atoms with Crippen LogP contribution in [0.2, 0.25) is 0 Å². The first kappa shape index (κ1) is 17.9. The van der Waals surface area contributed by atoms with Gasteiger partial charge in [0.15, 0.2) is 5.82 Å². The van der Waals surface area contributed by atoms with Crippen LogP contribution < -0.4 is 4.74 Å². The van der Waals surface area contributed by atoms with Crippen molar-refractivity contribution in [3.63, 3.8) is 0 Å². The monoisotopic (exact) mass is 386 g/mol. The van der Waals surface area contributed by atoms with Gasteiger partial charge in [-0.3, -0.25) is 9.69 Å². The molecular formula is C19H22N4O3S. The minimum Gasteiger partial charge on any atom is -0.497 e. The number of nitrogens with zero attached hydrogens (tertiary/aromatic N) is 4. The van der Waals surface area contributed by atoms with Crippen molar-refractivity contribution < 1.29 is 14.6 Å². The van der Waals surface area contributed by atoms with Gasteiger partial charge in [0.1, 0.15) is 11.5 Å². The Bertz CT molecular complexity index is 953. The van der Waals surface area contributed by atoms with Crippen molar-refractivity contribution in [2.45, 2.75) is 32.2 Å². The molecule has 0 aliphatic carbocycles. The van der Waals surface area contributed by atoms with Gasteiger partial charge in [-0.15, -0.1) is 5.10 Å². The van der Waals surface area contributed by atoms with Gasteiger partial charge in [0.2, 0.25) is 10.8 Å². The summed E-state index contributed by atoms with van der Waals surface area (Å²) in [6, 6.07) is 7.70. The molecule has 1 aliphatic rings. The average molecular weight is 386 g/mol. The number of ether oxygens (including phenoxy) is 1. The van der Waals surface area contributed by atoms with E-state index in [9.17, 15) is 9.90 Å². The van der Waals surface area contributed by atoms with Crippen LogP contribution in [-0.2, 0) is 11.2 Å². The van der Waals surface area contributed by atoms with E-state index < -0.39 is 0 Å². The van der Waals surface area contributed by atoms with Crippen molar-refractivity contribution in [3.05, 3.63) is 40.5 Å². The number of piperidine rings is 1. The number of hydrogen-bond donors (Lipinski definition) is 1. The third-order valence-electron chi connectivity index (χ3n) is 4.96. The van der Waals surface area contributed by atoms with Gasteiger partial charge in [-0.25, -0.2) is 4.98 Å². The summed E-state index contributed by atoms with van der Waals surface area (Å²) >= 11 is 1.45. The smallest absolute Gasteiger partial charge is 0.230 e. The van der Waals surface area contributed by atoms with Crippen molar-refractivity contribution in [3.8, 4) is 11.6 Å². The van der Waals surface area contributed by atoms with Gasteiger partial charge < -0.3 is 9.84 Å². The number of Topliss-reactive ketones (excluding diaryl/α,β-unsaturated/α-hetero) is 1. The lowest BCUT2D eigenvalue weighted by atomic mass is 10.00. The molecule has 1 saturated heterocycles. The zero-order valence-corrected chi connectivity index (χ0v) is 16.2. The van der Waals surface area contributed by atoms with E-state index in [2.05, 4.69) is 15.0 Å².